The van der Waals surface area contributed by atoms with Crippen molar-refractivity contribution in [3.05, 3.63) is 58.1 Å². The van der Waals surface area contributed by atoms with E-state index in [1.54, 1.807) is 11.8 Å². The summed E-state index contributed by atoms with van der Waals surface area (Å²) in [6.45, 7) is 0.921. The van der Waals surface area contributed by atoms with Gasteiger partial charge < -0.3 is 4.90 Å². The highest BCUT2D eigenvalue weighted by Gasteiger charge is 2.06. The van der Waals surface area contributed by atoms with Gasteiger partial charge >= 0.3 is 0 Å². The lowest BCUT2D eigenvalue weighted by molar-refractivity contribution is 0.399. The fourth-order valence-corrected chi connectivity index (χ4v) is 3.08. The molecule has 0 radical (unpaired) electrons. The number of nitrogens with zero attached hydrogens (tertiary/aromatic N) is 1. The van der Waals surface area contributed by atoms with Gasteiger partial charge in [-0.1, -0.05) is 53.2 Å². The molecule has 0 atom stereocenters. The van der Waals surface area contributed by atoms with Gasteiger partial charge in [0.05, 0.1) is 10.0 Å². The smallest absolute Gasteiger partial charge is 0.0603 e. The van der Waals surface area contributed by atoms with Crippen LogP contribution in [0.5, 0.6) is 0 Å². The zero-order valence-corrected chi connectivity index (χ0v) is 13.2. The van der Waals surface area contributed by atoms with Crippen LogP contribution in [0, 0.1) is 0 Å². The largest absolute Gasteiger partial charge is 0.305 e. The normalized spacial score (nSPS) is 11.0. The molecule has 100 valence electrons. The van der Waals surface area contributed by atoms with Gasteiger partial charge in [0, 0.05) is 16.3 Å². The summed E-state index contributed by atoms with van der Waals surface area (Å²) in [4.78, 5) is 4.50. The van der Waals surface area contributed by atoms with Crippen LogP contribution in [0.15, 0.2) is 52.3 Å². The van der Waals surface area contributed by atoms with Crippen LogP contribution >= 0.6 is 35.0 Å². The van der Waals surface area contributed by atoms with Gasteiger partial charge in [-0.3, -0.25) is 0 Å². The second kappa shape index (κ2) is 6.67. The minimum Gasteiger partial charge on any atom is -0.305 e. The lowest BCUT2D eigenvalue weighted by atomic mass is 10.2. The molecule has 2 aromatic carbocycles. The highest BCUT2D eigenvalue weighted by molar-refractivity contribution is 7.99. The quantitative estimate of drug-likeness (QED) is 0.763. The summed E-state index contributed by atoms with van der Waals surface area (Å²) in [5.41, 5.74) is 1.31. The summed E-state index contributed by atoms with van der Waals surface area (Å²) in [6.07, 6.45) is 0. The minimum absolute atomic E-state index is 0.590. The van der Waals surface area contributed by atoms with E-state index < -0.39 is 0 Å². The highest BCUT2D eigenvalue weighted by Crippen LogP contribution is 2.34. The lowest BCUT2D eigenvalue weighted by Crippen LogP contribution is -2.11. The Labute approximate surface area is 128 Å². The van der Waals surface area contributed by atoms with Crippen LogP contribution in [0.4, 0.5) is 0 Å². The minimum atomic E-state index is 0.590. The van der Waals surface area contributed by atoms with E-state index in [2.05, 4.69) is 43.3 Å². The van der Waals surface area contributed by atoms with Crippen LogP contribution in [-0.2, 0) is 6.54 Å². The van der Waals surface area contributed by atoms with E-state index in [1.807, 2.05) is 18.2 Å². The average molecular weight is 312 g/mol. The summed E-state index contributed by atoms with van der Waals surface area (Å²) in [5.74, 6) is 0. The Bertz CT molecular complexity index is 570. The molecule has 0 saturated carbocycles. The molecule has 0 aliphatic rings. The molecular formula is C15H15Cl2NS. The third-order valence-electron chi connectivity index (χ3n) is 2.58. The predicted octanol–water partition coefficient (Wildman–Crippen LogP) is 5.21. The Morgan fingerprint density at radius 3 is 2.42 bits per heavy atom. The molecule has 0 unspecified atom stereocenters. The van der Waals surface area contributed by atoms with E-state index >= 15 is 0 Å². The van der Waals surface area contributed by atoms with Crippen molar-refractivity contribution in [3.63, 3.8) is 0 Å². The van der Waals surface area contributed by atoms with Gasteiger partial charge in [0.25, 0.3) is 0 Å². The fourth-order valence-electron chi connectivity index (χ4n) is 1.74. The van der Waals surface area contributed by atoms with Gasteiger partial charge in [0.15, 0.2) is 0 Å². The number of hydrogen-bond acceptors (Lipinski definition) is 2. The van der Waals surface area contributed by atoms with Crippen LogP contribution in [0.25, 0.3) is 0 Å². The molecule has 4 heteroatoms. The topological polar surface area (TPSA) is 3.24 Å². The van der Waals surface area contributed by atoms with E-state index in [4.69, 9.17) is 23.2 Å². The van der Waals surface area contributed by atoms with Crippen molar-refractivity contribution in [1.82, 2.24) is 4.90 Å². The molecule has 0 N–H and O–H groups in total. The second-order valence-electron chi connectivity index (χ2n) is 4.52. The molecule has 0 aliphatic carbocycles. The van der Waals surface area contributed by atoms with Gasteiger partial charge in [-0.05, 0) is 43.9 Å². The summed E-state index contributed by atoms with van der Waals surface area (Å²) < 4.78 is 0. The van der Waals surface area contributed by atoms with Gasteiger partial charge in [-0.2, -0.15) is 0 Å². The number of benzene rings is 2. The first kappa shape index (κ1) is 14.7. The van der Waals surface area contributed by atoms with E-state index in [1.165, 1.54) is 10.5 Å². The second-order valence-corrected chi connectivity index (χ2v) is 6.45. The Morgan fingerprint density at radius 2 is 1.74 bits per heavy atom. The molecule has 1 nitrogen and oxygen atoms in total. The first-order valence-electron chi connectivity index (χ1n) is 5.92. The van der Waals surface area contributed by atoms with Gasteiger partial charge in [-0.25, -0.2) is 0 Å². The molecule has 0 aromatic heterocycles. The molecule has 0 heterocycles. The van der Waals surface area contributed by atoms with Crippen molar-refractivity contribution in [1.29, 1.82) is 0 Å². The van der Waals surface area contributed by atoms with Crippen LogP contribution in [0.3, 0.4) is 0 Å². The Hall–Kier alpha value is -0.670. The maximum Gasteiger partial charge on any atom is 0.0603 e. The molecule has 0 bridgehead atoms. The van der Waals surface area contributed by atoms with E-state index in [9.17, 15) is 0 Å². The molecule has 2 rings (SSSR count). The number of halogens is 2. The van der Waals surface area contributed by atoms with Crippen molar-refractivity contribution in [3.8, 4) is 0 Å². The summed E-state index contributed by atoms with van der Waals surface area (Å²) >= 11 is 13.7. The maximum atomic E-state index is 6.05. The van der Waals surface area contributed by atoms with Gasteiger partial charge in [0.1, 0.15) is 0 Å². The maximum absolute atomic E-state index is 6.05. The molecule has 0 amide bonds. The van der Waals surface area contributed by atoms with Crippen molar-refractivity contribution in [2.75, 3.05) is 14.1 Å². The zero-order valence-electron chi connectivity index (χ0n) is 10.9. The lowest BCUT2D eigenvalue weighted by Gasteiger charge is -2.13. The summed E-state index contributed by atoms with van der Waals surface area (Å²) in [5, 5.41) is 1.18. The molecule has 0 aliphatic heterocycles. The van der Waals surface area contributed by atoms with Crippen LogP contribution in [-0.4, -0.2) is 19.0 Å². The zero-order chi connectivity index (χ0) is 13.8. The summed E-state index contributed by atoms with van der Waals surface area (Å²) in [7, 11) is 4.14. The fraction of sp³-hybridized carbons (Fsp3) is 0.200. The Morgan fingerprint density at radius 1 is 1.00 bits per heavy atom. The third kappa shape index (κ3) is 4.15. The van der Waals surface area contributed by atoms with Crippen LogP contribution in [0.1, 0.15) is 5.56 Å². The van der Waals surface area contributed by atoms with E-state index in [-0.39, 0.29) is 0 Å². The first-order valence-corrected chi connectivity index (χ1v) is 7.49. The number of rotatable bonds is 4. The third-order valence-corrected chi connectivity index (χ3v) is 4.42. The van der Waals surface area contributed by atoms with Gasteiger partial charge in [0.2, 0.25) is 0 Å². The molecule has 19 heavy (non-hydrogen) atoms. The van der Waals surface area contributed by atoms with Crippen molar-refractivity contribution >= 4 is 35.0 Å². The standard InChI is InChI=1S/C15H15Cl2NS/c1-18(2)10-11-5-3-4-6-15(11)19-12-7-8-13(16)14(17)9-12/h3-9H,10H2,1-2H3. The molecule has 0 fully saturated rings. The monoisotopic (exact) mass is 311 g/mol. The first-order chi connectivity index (χ1) is 9.06. The molecule has 2 aromatic rings. The molecule has 0 saturated heterocycles. The van der Waals surface area contributed by atoms with E-state index in [0.29, 0.717) is 10.0 Å². The number of hydrogen-bond donors (Lipinski definition) is 0. The highest BCUT2D eigenvalue weighted by atomic mass is 35.5. The van der Waals surface area contributed by atoms with Crippen LogP contribution < -0.4 is 0 Å². The van der Waals surface area contributed by atoms with Crippen molar-refractivity contribution in [2.45, 2.75) is 16.3 Å². The Balaban J connectivity index is 2.25. The Kier molecular flexibility index (Phi) is 5.17. The van der Waals surface area contributed by atoms with Crippen molar-refractivity contribution in [2.24, 2.45) is 0 Å². The van der Waals surface area contributed by atoms with E-state index in [0.717, 1.165) is 11.4 Å². The SMILES string of the molecule is CN(C)Cc1ccccc1Sc1ccc(Cl)c(Cl)c1. The van der Waals surface area contributed by atoms with Gasteiger partial charge in [-0.15, -0.1) is 0 Å². The van der Waals surface area contributed by atoms with Crippen molar-refractivity contribution < 1.29 is 0 Å². The average Bonchev–Trinajstić information content (AvgIpc) is 2.36. The summed E-state index contributed by atoms with van der Waals surface area (Å²) in [6, 6.07) is 14.1. The molecule has 0 spiro atoms. The predicted molar refractivity (Wildman–Crippen MR) is 84.4 cm³/mol. The van der Waals surface area contributed by atoms with Crippen LogP contribution in [0.2, 0.25) is 10.0 Å². The molecular weight excluding hydrogens is 297 g/mol.